The molecule has 3 aromatic carbocycles. The summed E-state index contributed by atoms with van der Waals surface area (Å²) in [6, 6.07) is 19.0. The van der Waals surface area contributed by atoms with E-state index in [9.17, 15) is 9.90 Å². The van der Waals surface area contributed by atoms with Crippen LogP contribution < -0.4 is 20.1 Å². The number of halogens is 2. The molecule has 0 unspecified atom stereocenters. The first-order valence-electron chi connectivity index (χ1n) is 8.91. The molecule has 0 aliphatic rings. The predicted octanol–water partition coefficient (Wildman–Crippen LogP) is 5.81. The summed E-state index contributed by atoms with van der Waals surface area (Å²) >= 11 is 12.3. The molecule has 0 aromatic heterocycles. The van der Waals surface area contributed by atoms with Gasteiger partial charge in [0.05, 0.1) is 29.8 Å². The molecule has 4 nitrogen and oxygen atoms in total. The number of methoxy groups -OCH3 is 2. The fourth-order valence-electron chi connectivity index (χ4n) is 2.90. The Labute approximate surface area is 186 Å². The van der Waals surface area contributed by atoms with E-state index in [1.165, 1.54) is 0 Å². The molecule has 0 heterocycles. The van der Waals surface area contributed by atoms with Crippen LogP contribution in [-0.2, 0) is 0 Å². The van der Waals surface area contributed by atoms with Gasteiger partial charge in [0.15, 0.2) is 0 Å². The molecule has 154 valence electrons. The van der Waals surface area contributed by atoms with Crippen molar-refractivity contribution >= 4 is 53.8 Å². The van der Waals surface area contributed by atoms with Crippen molar-refractivity contribution in [3.8, 4) is 11.5 Å². The number of rotatable bonds is 7. The van der Waals surface area contributed by atoms with Crippen LogP contribution in [0.3, 0.4) is 0 Å². The summed E-state index contributed by atoms with van der Waals surface area (Å²) in [5.74, 6) is 2.46. The Morgan fingerprint density at radius 1 is 0.900 bits per heavy atom. The Kier molecular flexibility index (Phi) is 7.38. The fourth-order valence-corrected chi connectivity index (χ4v) is 5.55. The molecule has 0 saturated carbocycles. The molecule has 0 spiro atoms. The van der Waals surface area contributed by atoms with E-state index in [2.05, 4.69) is 5.82 Å². The summed E-state index contributed by atoms with van der Waals surface area (Å²) in [5.41, 5.74) is 0.617. The van der Waals surface area contributed by atoms with E-state index in [0.29, 0.717) is 5.56 Å². The molecule has 0 amide bonds. The molecule has 0 atom stereocenters. The van der Waals surface area contributed by atoms with E-state index in [4.69, 9.17) is 32.7 Å². The summed E-state index contributed by atoms with van der Waals surface area (Å²) in [6.45, 7) is 0. The minimum Gasteiger partial charge on any atom is -0.497 e. The highest BCUT2D eigenvalue weighted by molar-refractivity contribution is 7.76. The Balaban J connectivity index is 2.05. The highest BCUT2D eigenvalue weighted by Gasteiger charge is 2.16. The van der Waals surface area contributed by atoms with Gasteiger partial charge in [-0.2, -0.15) is 0 Å². The van der Waals surface area contributed by atoms with Gasteiger partial charge in [0.1, 0.15) is 11.5 Å². The van der Waals surface area contributed by atoms with Crippen LogP contribution in [0.5, 0.6) is 11.5 Å². The van der Waals surface area contributed by atoms with E-state index in [1.54, 1.807) is 26.4 Å². The maximum absolute atomic E-state index is 11.3. The lowest BCUT2D eigenvalue weighted by molar-refractivity contribution is 0.0697. The Bertz CT molecular complexity index is 1030. The monoisotopic (exact) mass is 460 g/mol. The van der Waals surface area contributed by atoms with E-state index in [0.717, 1.165) is 22.1 Å². The standard InChI is InChI=1S/C23H19Cl2O4P/c1-28-16-5-3-7-18(13-16)30(19-8-4-6-17(14-19)29-2)10-9-15-11-20(24)22(23(26)27)21(25)12-15/h3-14H,1-2H3,(H,26,27)/b10-9+. The average Bonchev–Trinajstić information content (AvgIpc) is 2.73. The van der Waals surface area contributed by atoms with Gasteiger partial charge in [0, 0.05) is 0 Å². The first-order valence-corrected chi connectivity index (χ1v) is 11.1. The van der Waals surface area contributed by atoms with Crippen LogP contribution in [0.4, 0.5) is 0 Å². The van der Waals surface area contributed by atoms with Gasteiger partial charge >= 0.3 is 5.97 Å². The molecule has 7 heteroatoms. The van der Waals surface area contributed by atoms with E-state index >= 15 is 0 Å². The smallest absolute Gasteiger partial charge is 0.338 e. The summed E-state index contributed by atoms with van der Waals surface area (Å²) in [6.07, 6.45) is 1.90. The first kappa shape index (κ1) is 22.2. The van der Waals surface area contributed by atoms with Gasteiger partial charge in [0.25, 0.3) is 0 Å². The minimum absolute atomic E-state index is 0.0988. The van der Waals surface area contributed by atoms with Crippen molar-refractivity contribution in [3.63, 3.8) is 0 Å². The van der Waals surface area contributed by atoms with Crippen LogP contribution in [-0.4, -0.2) is 25.3 Å². The molecule has 0 saturated heterocycles. The van der Waals surface area contributed by atoms with Gasteiger partial charge in [-0.25, -0.2) is 4.79 Å². The number of carboxylic acid groups (broad SMARTS) is 1. The second-order valence-corrected chi connectivity index (χ2v) is 9.14. The number of benzene rings is 3. The lowest BCUT2D eigenvalue weighted by atomic mass is 10.1. The van der Waals surface area contributed by atoms with Gasteiger partial charge < -0.3 is 14.6 Å². The number of hydrogen-bond acceptors (Lipinski definition) is 3. The van der Waals surface area contributed by atoms with Crippen molar-refractivity contribution in [2.45, 2.75) is 0 Å². The molecular formula is C23H19Cl2O4P. The third-order valence-corrected chi connectivity index (χ3v) is 7.07. The zero-order chi connectivity index (χ0) is 21.7. The van der Waals surface area contributed by atoms with Crippen molar-refractivity contribution in [3.05, 3.63) is 87.7 Å². The zero-order valence-electron chi connectivity index (χ0n) is 16.3. The summed E-state index contributed by atoms with van der Waals surface area (Å²) < 4.78 is 10.8. The van der Waals surface area contributed by atoms with E-state index in [-0.39, 0.29) is 15.6 Å². The summed E-state index contributed by atoms with van der Waals surface area (Å²) in [4.78, 5) is 11.3. The largest absolute Gasteiger partial charge is 0.497 e. The Morgan fingerprint density at radius 2 is 1.40 bits per heavy atom. The quantitative estimate of drug-likeness (QED) is 0.451. The normalized spacial score (nSPS) is 11.1. The maximum atomic E-state index is 11.3. The topological polar surface area (TPSA) is 55.8 Å². The molecule has 3 rings (SSSR count). The molecule has 0 aliphatic heterocycles. The lowest BCUT2D eigenvalue weighted by Gasteiger charge is -2.16. The first-order chi connectivity index (χ1) is 14.4. The molecule has 0 radical (unpaired) electrons. The summed E-state index contributed by atoms with van der Waals surface area (Å²) in [5, 5.41) is 11.6. The molecular weight excluding hydrogens is 442 g/mol. The second-order valence-electron chi connectivity index (χ2n) is 6.25. The molecule has 0 aliphatic carbocycles. The highest BCUT2D eigenvalue weighted by Crippen LogP contribution is 2.38. The van der Waals surface area contributed by atoms with E-state index in [1.807, 2.05) is 54.6 Å². The van der Waals surface area contributed by atoms with Crippen LogP contribution in [0.15, 0.2) is 66.5 Å². The van der Waals surface area contributed by atoms with Gasteiger partial charge in [-0.1, -0.05) is 59.4 Å². The van der Waals surface area contributed by atoms with Crippen molar-refractivity contribution in [1.29, 1.82) is 0 Å². The van der Waals surface area contributed by atoms with Gasteiger partial charge in [0.2, 0.25) is 0 Å². The van der Waals surface area contributed by atoms with Gasteiger partial charge in [-0.05, 0) is 60.5 Å². The molecule has 0 bridgehead atoms. The second kappa shape index (κ2) is 9.99. The molecule has 3 aromatic rings. The van der Waals surface area contributed by atoms with Crippen molar-refractivity contribution < 1.29 is 19.4 Å². The van der Waals surface area contributed by atoms with Crippen LogP contribution in [0.1, 0.15) is 15.9 Å². The Morgan fingerprint density at radius 3 is 1.83 bits per heavy atom. The molecule has 1 N–H and O–H groups in total. The number of carbonyl (C=O) groups is 1. The Hall–Kier alpha value is -2.52. The van der Waals surface area contributed by atoms with Crippen LogP contribution in [0.25, 0.3) is 6.08 Å². The third kappa shape index (κ3) is 5.14. The van der Waals surface area contributed by atoms with Crippen molar-refractivity contribution in [1.82, 2.24) is 0 Å². The number of hydrogen-bond donors (Lipinski definition) is 1. The minimum atomic E-state index is -1.16. The number of ether oxygens (including phenoxy) is 2. The van der Waals surface area contributed by atoms with Crippen molar-refractivity contribution in [2.24, 2.45) is 0 Å². The highest BCUT2D eigenvalue weighted by atomic mass is 35.5. The van der Waals surface area contributed by atoms with Gasteiger partial charge in [-0.3, -0.25) is 0 Å². The van der Waals surface area contributed by atoms with E-state index < -0.39 is 13.9 Å². The van der Waals surface area contributed by atoms with Crippen LogP contribution >= 0.6 is 31.1 Å². The predicted molar refractivity (Wildman–Crippen MR) is 125 cm³/mol. The number of aromatic carboxylic acids is 1. The van der Waals surface area contributed by atoms with Gasteiger partial charge in [-0.15, -0.1) is 0 Å². The molecule has 30 heavy (non-hydrogen) atoms. The third-order valence-electron chi connectivity index (χ3n) is 4.36. The zero-order valence-corrected chi connectivity index (χ0v) is 18.7. The van der Waals surface area contributed by atoms with Crippen molar-refractivity contribution in [2.75, 3.05) is 14.2 Å². The summed E-state index contributed by atoms with van der Waals surface area (Å²) in [7, 11) is 2.37. The fraction of sp³-hybridized carbons (Fsp3) is 0.0870. The molecule has 0 fully saturated rings. The average molecular weight is 461 g/mol. The van der Waals surface area contributed by atoms with Crippen LogP contribution in [0.2, 0.25) is 10.0 Å². The SMILES string of the molecule is COc1cccc(P(/C=C/c2cc(Cl)c(C(=O)O)c(Cl)c2)c2cccc(OC)c2)c1. The lowest BCUT2D eigenvalue weighted by Crippen LogP contribution is -2.10. The maximum Gasteiger partial charge on any atom is 0.338 e. The van der Waals surface area contributed by atoms with Crippen LogP contribution in [0, 0.1) is 0 Å². The number of carboxylic acids is 1.